The molecule has 1 unspecified atom stereocenters. The van der Waals surface area contributed by atoms with Crippen molar-refractivity contribution < 1.29 is 48.4 Å². The number of nitrogens with zero attached hydrogens (tertiary/aromatic N) is 2. The number of methoxy groups -OCH3 is 1. The Kier molecular flexibility index (Phi) is 15.2. The molecule has 0 aliphatic carbocycles. The lowest BCUT2D eigenvalue weighted by atomic mass is 9.72. The molecular formula is C35H53N2O10P. The summed E-state index contributed by atoms with van der Waals surface area (Å²) < 4.78 is 36.1. The molecule has 48 heavy (non-hydrogen) atoms. The summed E-state index contributed by atoms with van der Waals surface area (Å²) >= 11 is 0. The van der Waals surface area contributed by atoms with Gasteiger partial charge in [-0.15, -0.1) is 0 Å². The molecule has 0 radical (unpaired) electrons. The van der Waals surface area contributed by atoms with Gasteiger partial charge in [-0.05, 0) is 38.0 Å². The number of aliphatic hydroxyl groups is 3. The summed E-state index contributed by atoms with van der Waals surface area (Å²) in [6, 6.07) is 3.89. The van der Waals surface area contributed by atoms with Crippen LogP contribution in [-0.2, 0) is 23.3 Å². The van der Waals surface area contributed by atoms with Gasteiger partial charge in [0.1, 0.15) is 12.2 Å². The number of allylic oxidation sites excluding steroid dienone is 8. The fraction of sp³-hybridized carbons (Fsp3) is 0.657. The Hall–Kier alpha value is -2.45. The number of phosphoric acid groups is 1. The predicted molar refractivity (Wildman–Crippen MR) is 179 cm³/mol. The zero-order valence-corrected chi connectivity index (χ0v) is 30.2. The van der Waals surface area contributed by atoms with E-state index in [1.54, 1.807) is 27.7 Å². The van der Waals surface area contributed by atoms with Crippen molar-refractivity contribution in [3.05, 3.63) is 59.3 Å². The van der Waals surface area contributed by atoms with Crippen LogP contribution in [0.3, 0.4) is 0 Å². The smallest absolute Gasteiger partial charge is 0.393 e. The zero-order chi connectivity index (χ0) is 36.6. The number of hydrogen-bond donors (Lipinski definition) is 5. The fourth-order valence-electron chi connectivity index (χ4n) is 6.34. The summed E-state index contributed by atoms with van der Waals surface area (Å²) in [4.78, 5) is 19.8. The van der Waals surface area contributed by atoms with Crippen molar-refractivity contribution in [2.75, 3.05) is 7.11 Å². The molecule has 0 saturated carbocycles. The SMILES string of the molecule is COC(C[C@H](O)[C@H](C)[C@H](O)[C@H](C)/C=C(C)/C(C)=C/C=C/C(C)=C\C#N)[C@H]1O[C@@]2(C[C@H](O)[C@H](C)[C@H](/C=C/C#N)O2)C(C)(C)[C@H]1OP(=O)(O)O. The second kappa shape index (κ2) is 17.5. The summed E-state index contributed by atoms with van der Waals surface area (Å²) in [7, 11) is -3.70. The van der Waals surface area contributed by atoms with E-state index in [0.29, 0.717) is 0 Å². The van der Waals surface area contributed by atoms with Gasteiger partial charge in [0.2, 0.25) is 0 Å². The summed E-state index contributed by atoms with van der Waals surface area (Å²) in [5.41, 5.74) is 1.46. The maximum Gasteiger partial charge on any atom is 0.469 e. The molecule has 12 nitrogen and oxygen atoms in total. The lowest BCUT2D eigenvalue weighted by molar-refractivity contribution is -0.327. The summed E-state index contributed by atoms with van der Waals surface area (Å²) in [6.07, 6.45) is 4.33. The molecule has 268 valence electrons. The monoisotopic (exact) mass is 692 g/mol. The second-order valence-corrected chi connectivity index (χ2v) is 14.8. The average Bonchev–Trinajstić information content (AvgIpc) is 3.19. The lowest BCUT2D eigenvalue weighted by Gasteiger charge is -2.49. The molecule has 13 heteroatoms. The first-order chi connectivity index (χ1) is 22.2. The van der Waals surface area contributed by atoms with Gasteiger partial charge in [-0.25, -0.2) is 4.57 Å². The first-order valence-corrected chi connectivity index (χ1v) is 17.6. The molecule has 11 atom stereocenters. The van der Waals surface area contributed by atoms with E-state index in [-0.39, 0.29) is 18.8 Å². The van der Waals surface area contributed by atoms with Gasteiger partial charge in [-0.3, -0.25) is 4.52 Å². The Morgan fingerprint density at radius 1 is 1.10 bits per heavy atom. The molecule has 2 heterocycles. The van der Waals surface area contributed by atoms with Crippen molar-refractivity contribution in [1.29, 1.82) is 10.5 Å². The molecule has 0 bridgehead atoms. The number of aliphatic hydroxyl groups excluding tert-OH is 3. The Balaban J connectivity index is 2.33. The minimum Gasteiger partial charge on any atom is -0.393 e. The van der Waals surface area contributed by atoms with E-state index in [9.17, 15) is 29.7 Å². The molecular weight excluding hydrogens is 639 g/mol. The fourth-order valence-corrected chi connectivity index (χ4v) is 7.02. The van der Waals surface area contributed by atoms with Crippen molar-refractivity contribution in [3.63, 3.8) is 0 Å². The molecule has 2 rings (SSSR count). The first kappa shape index (κ1) is 41.7. The summed E-state index contributed by atoms with van der Waals surface area (Å²) in [6.45, 7) is 14.3. The summed E-state index contributed by atoms with van der Waals surface area (Å²) in [5.74, 6) is -3.00. The van der Waals surface area contributed by atoms with Crippen molar-refractivity contribution in [2.45, 2.75) is 117 Å². The topological polar surface area (TPSA) is 203 Å². The van der Waals surface area contributed by atoms with Gasteiger partial charge in [-0.1, -0.05) is 64.5 Å². The first-order valence-electron chi connectivity index (χ1n) is 16.1. The second-order valence-electron chi connectivity index (χ2n) is 13.6. The third-order valence-electron chi connectivity index (χ3n) is 9.82. The number of nitriles is 2. The average molecular weight is 693 g/mol. The number of phosphoric ester groups is 1. The maximum atomic E-state index is 12.2. The standard InChI is InChI=1S/C35H53N2O10P/c1-21(15-17-37)12-10-13-22(2)23(3)18-24(4)31(40)26(6)27(38)19-30(44-9)32-33(47-48(41,42)43)34(7,8)35(46-32)20-28(39)25(5)29(45-35)14-11-16-36/h10-15,18,24-33,38-40H,19-20H2,1-9H3,(H2,41,42,43)/b12-10+,14-11+,21-15-,22-13+,23-18+/t24-,25+,26+,27+,28+,29+,30?,31-,32-,33+,35+/m1/s1. The predicted octanol–water partition coefficient (Wildman–Crippen LogP) is 4.77. The molecule has 0 aromatic rings. The van der Waals surface area contributed by atoms with E-state index in [0.717, 1.165) is 16.7 Å². The van der Waals surface area contributed by atoms with Crippen LogP contribution in [0.5, 0.6) is 0 Å². The zero-order valence-electron chi connectivity index (χ0n) is 29.3. The number of hydrogen-bond acceptors (Lipinski definition) is 10. The van der Waals surface area contributed by atoms with E-state index in [1.807, 2.05) is 64.1 Å². The maximum absolute atomic E-state index is 12.2. The van der Waals surface area contributed by atoms with E-state index < -0.39 is 73.6 Å². The van der Waals surface area contributed by atoms with Crippen LogP contribution in [0.15, 0.2) is 59.3 Å². The highest BCUT2D eigenvalue weighted by atomic mass is 31.2. The highest BCUT2D eigenvalue weighted by molar-refractivity contribution is 7.46. The van der Waals surface area contributed by atoms with E-state index >= 15 is 0 Å². The Morgan fingerprint density at radius 3 is 2.31 bits per heavy atom. The number of ether oxygens (including phenoxy) is 3. The molecule has 5 N–H and O–H groups in total. The van der Waals surface area contributed by atoms with Crippen LogP contribution in [0.2, 0.25) is 0 Å². The molecule has 1 spiro atoms. The van der Waals surface area contributed by atoms with Gasteiger partial charge in [0, 0.05) is 55.3 Å². The minimum atomic E-state index is -5.07. The van der Waals surface area contributed by atoms with Crippen LogP contribution in [0.4, 0.5) is 0 Å². The van der Waals surface area contributed by atoms with E-state index in [2.05, 4.69) is 0 Å². The van der Waals surface area contributed by atoms with Gasteiger partial charge in [-0.2, -0.15) is 10.5 Å². The molecule has 2 fully saturated rings. The largest absolute Gasteiger partial charge is 0.469 e. The van der Waals surface area contributed by atoms with Crippen LogP contribution in [0.1, 0.15) is 68.2 Å². The van der Waals surface area contributed by atoms with Crippen LogP contribution in [0.25, 0.3) is 0 Å². The van der Waals surface area contributed by atoms with Crippen molar-refractivity contribution >= 4 is 7.82 Å². The summed E-state index contributed by atoms with van der Waals surface area (Å²) in [5, 5.41) is 51.5. The van der Waals surface area contributed by atoms with E-state index in [1.165, 1.54) is 25.3 Å². The number of rotatable bonds is 14. The van der Waals surface area contributed by atoms with Gasteiger partial charge in [0.25, 0.3) is 0 Å². The van der Waals surface area contributed by atoms with Gasteiger partial charge >= 0.3 is 7.82 Å². The van der Waals surface area contributed by atoms with Crippen molar-refractivity contribution in [1.82, 2.24) is 0 Å². The molecule has 2 saturated heterocycles. The molecule has 2 aliphatic heterocycles. The minimum absolute atomic E-state index is 0.0489. The molecule has 0 amide bonds. The van der Waals surface area contributed by atoms with Crippen LogP contribution in [0, 0.1) is 45.8 Å². The quantitative estimate of drug-likeness (QED) is 0.0950. The van der Waals surface area contributed by atoms with Gasteiger partial charge < -0.3 is 39.3 Å². The van der Waals surface area contributed by atoms with E-state index in [4.69, 9.17) is 29.3 Å². The third-order valence-corrected chi connectivity index (χ3v) is 10.3. The lowest BCUT2D eigenvalue weighted by Crippen LogP contribution is -2.57. The van der Waals surface area contributed by atoms with Gasteiger partial charge in [0.05, 0.1) is 42.7 Å². The third kappa shape index (κ3) is 10.3. The highest BCUT2D eigenvalue weighted by Crippen LogP contribution is 2.58. The van der Waals surface area contributed by atoms with Crippen molar-refractivity contribution in [2.24, 2.45) is 23.2 Å². The Labute approximate surface area is 284 Å². The molecule has 0 aromatic carbocycles. The molecule has 2 aliphatic rings. The Morgan fingerprint density at radius 2 is 1.75 bits per heavy atom. The highest BCUT2D eigenvalue weighted by Gasteiger charge is 2.67. The van der Waals surface area contributed by atoms with Crippen LogP contribution >= 0.6 is 7.82 Å². The van der Waals surface area contributed by atoms with Crippen molar-refractivity contribution in [3.8, 4) is 12.1 Å². The Bertz CT molecular complexity index is 1390. The van der Waals surface area contributed by atoms with Crippen LogP contribution < -0.4 is 0 Å². The molecule has 0 aromatic heterocycles. The van der Waals surface area contributed by atoms with Crippen LogP contribution in [-0.4, -0.2) is 80.7 Å². The normalized spacial score (nSPS) is 31.8. The van der Waals surface area contributed by atoms with Gasteiger partial charge in [0.15, 0.2) is 5.79 Å².